The van der Waals surface area contributed by atoms with E-state index < -0.39 is 5.60 Å². The quantitative estimate of drug-likeness (QED) is 0.823. The van der Waals surface area contributed by atoms with E-state index in [1.54, 1.807) is 11.3 Å². The minimum Gasteiger partial charge on any atom is -0.385 e. The van der Waals surface area contributed by atoms with Gasteiger partial charge in [0.05, 0.1) is 5.60 Å². The maximum Gasteiger partial charge on any atom is 0.0920 e. The van der Waals surface area contributed by atoms with Gasteiger partial charge in [-0.15, -0.1) is 0 Å². The van der Waals surface area contributed by atoms with Crippen LogP contribution in [0.5, 0.6) is 0 Å². The van der Waals surface area contributed by atoms with Gasteiger partial charge in [-0.05, 0) is 52.4 Å². The number of rotatable bonds is 1. The smallest absolute Gasteiger partial charge is 0.0920 e. The predicted molar refractivity (Wildman–Crippen MR) is 68.1 cm³/mol. The van der Waals surface area contributed by atoms with E-state index in [1.165, 1.54) is 6.42 Å². The zero-order valence-corrected chi connectivity index (χ0v) is 11.6. The molecule has 0 spiro atoms. The molecule has 1 aliphatic carbocycles. The summed E-state index contributed by atoms with van der Waals surface area (Å²) in [7, 11) is 0. The Labute approximate surface area is 104 Å². The van der Waals surface area contributed by atoms with Gasteiger partial charge >= 0.3 is 0 Å². The van der Waals surface area contributed by atoms with Crippen LogP contribution in [0.2, 0.25) is 0 Å². The first-order valence-corrected chi connectivity index (χ1v) is 7.19. The summed E-state index contributed by atoms with van der Waals surface area (Å²) in [5.41, 5.74) is 0.488. The number of aliphatic hydroxyl groups is 1. The zero-order valence-electron chi connectivity index (χ0n) is 9.16. The van der Waals surface area contributed by atoms with Crippen molar-refractivity contribution < 1.29 is 5.11 Å². The van der Waals surface area contributed by atoms with Gasteiger partial charge in [0.15, 0.2) is 0 Å². The summed E-state index contributed by atoms with van der Waals surface area (Å²) in [6, 6.07) is 0. The van der Waals surface area contributed by atoms with Gasteiger partial charge in [0.2, 0.25) is 0 Å². The largest absolute Gasteiger partial charge is 0.385 e. The van der Waals surface area contributed by atoms with Crippen LogP contribution in [0.25, 0.3) is 0 Å². The van der Waals surface area contributed by atoms with E-state index in [0.717, 1.165) is 22.9 Å². The molecule has 84 valence electrons. The van der Waals surface area contributed by atoms with E-state index in [-0.39, 0.29) is 0 Å². The molecule has 1 heterocycles. The molecule has 2 atom stereocenters. The van der Waals surface area contributed by atoms with Gasteiger partial charge in [0.25, 0.3) is 0 Å². The summed E-state index contributed by atoms with van der Waals surface area (Å²) in [4.78, 5) is 0. The van der Waals surface area contributed by atoms with Gasteiger partial charge in [-0.3, -0.25) is 0 Å². The number of halogens is 1. The van der Waals surface area contributed by atoms with Crippen LogP contribution < -0.4 is 0 Å². The molecule has 0 bridgehead atoms. The summed E-state index contributed by atoms with van der Waals surface area (Å²) in [5.74, 6) is 1.23. The molecular formula is C12H17BrOS. The molecule has 1 nitrogen and oxygen atoms in total. The first-order valence-electron chi connectivity index (χ1n) is 5.46. The lowest BCUT2D eigenvalue weighted by atomic mass is 9.71. The van der Waals surface area contributed by atoms with E-state index in [1.807, 2.05) is 0 Å². The maximum absolute atomic E-state index is 10.7. The van der Waals surface area contributed by atoms with Crippen molar-refractivity contribution in [2.75, 3.05) is 0 Å². The van der Waals surface area contributed by atoms with Crippen molar-refractivity contribution in [2.24, 2.45) is 11.8 Å². The summed E-state index contributed by atoms with van der Waals surface area (Å²) in [6.45, 7) is 4.47. The Morgan fingerprint density at radius 2 is 1.93 bits per heavy atom. The highest BCUT2D eigenvalue weighted by Crippen LogP contribution is 2.45. The number of thiophene rings is 1. The Morgan fingerprint density at radius 1 is 1.33 bits per heavy atom. The molecule has 1 aliphatic rings. The highest BCUT2D eigenvalue weighted by molar-refractivity contribution is 9.10. The van der Waals surface area contributed by atoms with Crippen LogP contribution in [0.4, 0.5) is 0 Å². The first kappa shape index (κ1) is 11.6. The number of hydrogen-bond acceptors (Lipinski definition) is 2. The molecule has 1 aromatic heterocycles. The fourth-order valence-electron chi connectivity index (χ4n) is 2.92. The predicted octanol–water partition coefficient (Wildman–Crippen LogP) is 4.15. The van der Waals surface area contributed by atoms with Crippen molar-refractivity contribution in [3.05, 3.63) is 20.8 Å². The molecule has 15 heavy (non-hydrogen) atoms. The number of hydrogen-bond donors (Lipinski definition) is 1. The van der Waals surface area contributed by atoms with Crippen LogP contribution in [0.1, 0.15) is 38.7 Å². The van der Waals surface area contributed by atoms with Gasteiger partial charge in [-0.2, -0.15) is 11.3 Å². The zero-order chi connectivity index (χ0) is 11.1. The summed E-state index contributed by atoms with van der Waals surface area (Å²) in [6.07, 6.45) is 3.03. The molecule has 0 aliphatic heterocycles. The highest BCUT2D eigenvalue weighted by atomic mass is 79.9. The van der Waals surface area contributed by atoms with Crippen molar-refractivity contribution in [1.29, 1.82) is 0 Å². The molecule has 0 amide bonds. The van der Waals surface area contributed by atoms with E-state index in [0.29, 0.717) is 11.8 Å². The van der Waals surface area contributed by atoms with Crippen molar-refractivity contribution in [3.63, 3.8) is 0 Å². The molecular weight excluding hydrogens is 272 g/mol. The third kappa shape index (κ3) is 2.29. The second kappa shape index (κ2) is 4.19. The highest BCUT2D eigenvalue weighted by Gasteiger charge is 2.38. The SMILES string of the molecule is CC1CC(C)CC(O)(c2cscc2Br)C1. The van der Waals surface area contributed by atoms with Gasteiger partial charge in [0, 0.05) is 15.4 Å². The third-order valence-corrected chi connectivity index (χ3v) is 5.00. The summed E-state index contributed by atoms with van der Waals surface area (Å²) >= 11 is 5.18. The topological polar surface area (TPSA) is 20.2 Å². The first-order chi connectivity index (χ1) is 7.01. The van der Waals surface area contributed by atoms with Crippen LogP contribution in [-0.4, -0.2) is 5.11 Å². The molecule has 0 saturated heterocycles. The molecule has 0 radical (unpaired) electrons. The fourth-order valence-corrected chi connectivity index (χ4v) is 4.68. The van der Waals surface area contributed by atoms with Crippen molar-refractivity contribution in [1.82, 2.24) is 0 Å². The molecule has 1 aromatic rings. The average molecular weight is 289 g/mol. The minimum atomic E-state index is -0.601. The molecule has 2 rings (SSSR count). The summed E-state index contributed by atoms with van der Waals surface area (Å²) < 4.78 is 1.07. The molecule has 1 saturated carbocycles. The third-order valence-electron chi connectivity index (χ3n) is 3.29. The standard InChI is InChI=1S/C12H17BrOS/c1-8-3-9(2)5-12(14,4-8)10-6-15-7-11(10)13/h6-9,14H,3-5H2,1-2H3. The normalized spacial score (nSPS) is 36.8. The van der Waals surface area contributed by atoms with Crippen LogP contribution in [-0.2, 0) is 5.60 Å². The lowest BCUT2D eigenvalue weighted by Gasteiger charge is -2.39. The Morgan fingerprint density at radius 3 is 2.40 bits per heavy atom. The van der Waals surface area contributed by atoms with Crippen molar-refractivity contribution in [3.8, 4) is 0 Å². The Hall–Kier alpha value is 0.140. The van der Waals surface area contributed by atoms with Crippen LogP contribution in [0, 0.1) is 11.8 Å². The lowest BCUT2D eigenvalue weighted by Crippen LogP contribution is -2.35. The maximum atomic E-state index is 10.7. The summed E-state index contributed by atoms with van der Waals surface area (Å²) in [5, 5.41) is 14.9. The lowest BCUT2D eigenvalue weighted by molar-refractivity contribution is -0.0365. The molecule has 1 fully saturated rings. The van der Waals surface area contributed by atoms with Crippen LogP contribution in [0.3, 0.4) is 0 Å². The van der Waals surface area contributed by atoms with Crippen molar-refractivity contribution in [2.45, 2.75) is 38.7 Å². The van der Waals surface area contributed by atoms with Crippen LogP contribution >= 0.6 is 27.3 Å². The van der Waals surface area contributed by atoms with Crippen molar-refractivity contribution >= 4 is 27.3 Å². The van der Waals surface area contributed by atoms with E-state index in [9.17, 15) is 5.11 Å². The minimum absolute atomic E-state index is 0.601. The Balaban J connectivity index is 2.29. The van der Waals surface area contributed by atoms with E-state index in [2.05, 4.69) is 40.5 Å². The molecule has 2 unspecified atom stereocenters. The fraction of sp³-hybridized carbons (Fsp3) is 0.667. The van der Waals surface area contributed by atoms with Gasteiger partial charge < -0.3 is 5.11 Å². The molecule has 3 heteroatoms. The molecule has 1 N–H and O–H groups in total. The second-order valence-corrected chi connectivity index (χ2v) is 6.62. The van der Waals surface area contributed by atoms with Crippen LogP contribution in [0.15, 0.2) is 15.2 Å². The molecule has 0 aromatic carbocycles. The van der Waals surface area contributed by atoms with Gasteiger partial charge in [0.1, 0.15) is 0 Å². The average Bonchev–Trinajstić information content (AvgIpc) is 2.48. The monoisotopic (exact) mass is 288 g/mol. The Kier molecular flexibility index (Phi) is 3.25. The van der Waals surface area contributed by atoms with Gasteiger partial charge in [-0.1, -0.05) is 13.8 Å². The Bertz CT molecular complexity index is 337. The van der Waals surface area contributed by atoms with Gasteiger partial charge in [-0.25, -0.2) is 0 Å². The van der Waals surface area contributed by atoms with E-state index >= 15 is 0 Å². The van der Waals surface area contributed by atoms with E-state index in [4.69, 9.17) is 0 Å². The second-order valence-electron chi connectivity index (χ2n) is 5.02.